The Morgan fingerprint density at radius 2 is 1.32 bits per heavy atom. The smallest absolute Gasteiger partial charge is 0.162 e. The van der Waals surface area contributed by atoms with Gasteiger partial charge in [-0.15, -0.1) is 0 Å². The van der Waals surface area contributed by atoms with Gasteiger partial charge in [0.1, 0.15) is 10.3 Å². The number of hydrogen-bond acceptors (Lipinski definition) is 2. The Labute approximate surface area is 131 Å². The topological polar surface area (TPSA) is 25.8 Å². The number of nitrogens with zero attached hydrogens (tertiary/aromatic N) is 2. The summed E-state index contributed by atoms with van der Waals surface area (Å²) in [5.41, 5.74) is 1.41. The molecule has 0 saturated heterocycles. The molecule has 2 rings (SSSR count). The predicted molar refractivity (Wildman–Crippen MR) is 81.6 cm³/mol. The Hall–Kier alpha value is -0.540. The molecule has 0 radical (unpaired) electrons. The SMILES string of the molecule is CC(C)c1c(Cl)nc(-c2cc(Cl)cc(Cl)c2)nc1Cl. The summed E-state index contributed by atoms with van der Waals surface area (Å²) in [5, 5.41) is 1.71. The molecule has 0 atom stereocenters. The molecule has 0 spiro atoms. The van der Waals surface area contributed by atoms with E-state index in [1.165, 1.54) is 0 Å². The van der Waals surface area contributed by atoms with Crippen LogP contribution in [0.1, 0.15) is 25.3 Å². The monoisotopic (exact) mass is 334 g/mol. The Kier molecular flexibility index (Phi) is 4.57. The zero-order valence-electron chi connectivity index (χ0n) is 10.2. The van der Waals surface area contributed by atoms with Crippen LogP contribution in [0.5, 0.6) is 0 Å². The highest BCUT2D eigenvalue weighted by molar-refractivity contribution is 6.35. The zero-order valence-corrected chi connectivity index (χ0v) is 13.2. The summed E-state index contributed by atoms with van der Waals surface area (Å²) in [6, 6.07) is 5.06. The fourth-order valence-corrected chi connectivity index (χ4v) is 3.05. The molecular formula is C13H10Cl4N2. The van der Waals surface area contributed by atoms with Crippen LogP contribution in [0.25, 0.3) is 11.4 Å². The summed E-state index contributed by atoms with van der Waals surface area (Å²) in [6.07, 6.45) is 0. The number of halogens is 4. The molecule has 1 aromatic heterocycles. The maximum atomic E-state index is 6.16. The van der Waals surface area contributed by atoms with Crippen LogP contribution in [0.15, 0.2) is 18.2 Å². The molecule has 0 unspecified atom stereocenters. The van der Waals surface area contributed by atoms with Crippen molar-refractivity contribution in [1.29, 1.82) is 0 Å². The lowest BCUT2D eigenvalue weighted by atomic mass is 10.1. The van der Waals surface area contributed by atoms with Crippen molar-refractivity contribution in [1.82, 2.24) is 9.97 Å². The second kappa shape index (κ2) is 5.84. The van der Waals surface area contributed by atoms with E-state index in [1.54, 1.807) is 18.2 Å². The highest BCUT2D eigenvalue weighted by atomic mass is 35.5. The number of aromatic nitrogens is 2. The van der Waals surface area contributed by atoms with E-state index in [9.17, 15) is 0 Å². The Morgan fingerprint density at radius 3 is 1.74 bits per heavy atom. The fourth-order valence-electron chi connectivity index (χ4n) is 1.70. The first-order chi connectivity index (χ1) is 8.88. The van der Waals surface area contributed by atoms with Crippen LogP contribution in [-0.2, 0) is 0 Å². The van der Waals surface area contributed by atoms with E-state index < -0.39 is 0 Å². The third kappa shape index (κ3) is 3.32. The molecule has 0 aliphatic rings. The molecule has 0 aliphatic heterocycles. The average Bonchev–Trinajstić information content (AvgIpc) is 2.25. The lowest BCUT2D eigenvalue weighted by Crippen LogP contribution is -1.99. The summed E-state index contributed by atoms with van der Waals surface area (Å²) >= 11 is 24.2. The molecular weight excluding hydrogens is 326 g/mol. The minimum absolute atomic E-state index is 0.150. The lowest BCUT2D eigenvalue weighted by molar-refractivity contribution is 0.848. The minimum Gasteiger partial charge on any atom is -0.216 e. The van der Waals surface area contributed by atoms with E-state index in [0.717, 1.165) is 5.56 Å². The molecule has 0 aliphatic carbocycles. The molecule has 100 valence electrons. The highest BCUT2D eigenvalue weighted by Crippen LogP contribution is 2.32. The number of benzene rings is 1. The van der Waals surface area contributed by atoms with E-state index in [4.69, 9.17) is 46.4 Å². The van der Waals surface area contributed by atoms with Crippen LogP contribution >= 0.6 is 46.4 Å². The van der Waals surface area contributed by atoms with Gasteiger partial charge in [0.15, 0.2) is 5.82 Å². The number of rotatable bonds is 2. The fraction of sp³-hybridized carbons (Fsp3) is 0.231. The van der Waals surface area contributed by atoms with Crippen LogP contribution < -0.4 is 0 Å². The Morgan fingerprint density at radius 1 is 0.842 bits per heavy atom. The van der Waals surface area contributed by atoms with E-state index in [0.29, 0.717) is 31.7 Å². The van der Waals surface area contributed by atoms with Gasteiger partial charge in [0.2, 0.25) is 0 Å². The predicted octanol–water partition coefficient (Wildman–Crippen LogP) is 5.88. The van der Waals surface area contributed by atoms with Gasteiger partial charge < -0.3 is 0 Å². The van der Waals surface area contributed by atoms with Gasteiger partial charge in [0.05, 0.1) is 0 Å². The van der Waals surface area contributed by atoms with Crippen LogP contribution in [-0.4, -0.2) is 9.97 Å². The molecule has 0 N–H and O–H groups in total. The molecule has 1 heterocycles. The summed E-state index contributed by atoms with van der Waals surface area (Å²) < 4.78 is 0. The second-order valence-electron chi connectivity index (χ2n) is 4.36. The van der Waals surface area contributed by atoms with Crippen LogP contribution in [0.3, 0.4) is 0 Å². The van der Waals surface area contributed by atoms with Gasteiger partial charge in [-0.3, -0.25) is 0 Å². The molecule has 0 amide bonds. The lowest BCUT2D eigenvalue weighted by Gasteiger charge is -2.11. The Balaban J connectivity index is 2.58. The van der Waals surface area contributed by atoms with Crippen LogP contribution in [0.2, 0.25) is 20.4 Å². The molecule has 0 bridgehead atoms. The van der Waals surface area contributed by atoms with Gasteiger partial charge in [-0.25, -0.2) is 9.97 Å². The van der Waals surface area contributed by atoms with Gasteiger partial charge in [0, 0.05) is 21.2 Å². The molecule has 19 heavy (non-hydrogen) atoms. The largest absolute Gasteiger partial charge is 0.216 e. The van der Waals surface area contributed by atoms with E-state index in [-0.39, 0.29) is 5.92 Å². The second-order valence-corrected chi connectivity index (χ2v) is 5.94. The van der Waals surface area contributed by atoms with E-state index in [1.807, 2.05) is 13.8 Å². The third-order valence-electron chi connectivity index (χ3n) is 2.55. The van der Waals surface area contributed by atoms with Crippen molar-refractivity contribution in [3.05, 3.63) is 44.1 Å². The van der Waals surface area contributed by atoms with Crippen LogP contribution in [0, 0.1) is 0 Å². The van der Waals surface area contributed by atoms with Gasteiger partial charge in [-0.05, 0) is 24.1 Å². The summed E-state index contributed by atoms with van der Waals surface area (Å²) in [5.74, 6) is 0.556. The normalized spacial score (nSPS) is 11.1. The summed E-state index contributed by atoms with van der Waals surface area (Å²) in [4.78, 5) is 8.52. The van der Waals surface area contributed by atoms with Crippen molar-refractivity contribution in [3.8, 4) is 11.4 Å². The van der Waals surface area contributed by atoms with E-state index >= 15 is 0 Å². The van der Waals surface area contributed by atoms with E-state index in [2.05, 4.69) is 9.97 Å². The quantitative estimate of drug-likeness (QED) is 0.640. The summed E-state index contributed by atoms with van der Waals surface area (Å²) in [7, 11) is 0. The number of hydrogen-bond donors (Lipinski definition) is 0. The van der Waals surface area contributed by atoms with Crippen molar-refractivity contribution >= 4 is 46.4 Å². The van der Waals surface area contributed by atoms with Crippen molar-refractivity contribution < 1.29 is 0 Å². The minimum atomic E-state index is 0.150. The van der Waals surface area contributed by atoms with Gasteiger partial charge in [0.25, 0.3) is 0 Å². The van der Waals surface area contributed by atoms with Gasteiger partial charge in [-0.2, -0.15) is 0 Å². The molecule has 0 saturated carbocycles. The molecule has 6 heteroatoms. The maximum Gasteiger partial charge on any atom is 0.162 e. The molecule has 1 aromatic carbocycles. The van der Waals surface area contributed by atoms with Crippen molar-refractivity contribution in [3.63, 3.8) is 0 Å². The zero-order chi connectivity index (χ0) is 14.2. The van der Waals surface area contributed by atoms with Gasteiger partial charge >= 0.3 is 0 Å². The average molecular weight is 336 g/mol. The first kappa shape index (κ1) is 14.9. The van der Waals surface area contributed by atoms with Crippen molar-refractivity contribution in [2.75, 3.05) is 0 Å². The first-order valence-electron chi connectivity index (χ1n) is 5.58. The highest BCUT2D eigenvalue weighted by Gasteiger charge is 2.16. The molecule has 0 fully saturated rings. The van der Waals surface area contributed by atoms with Crippen molar-refractivity contribution in [2.45, 2.75) is 19.8 Å². The third-order valence-corrected chi connectivity index (χ3v) is 3.56. The Bertz CT molecular complexity index is 583. The van der Waals surface area contributed by atoms with Crippen molar-refractivity contribution in [2.24, 2.45) is 0 Å². The standard InChI is InChI=1S/C13H10Cl4N2/c1-6(2)10-11(16)18-13(19-12(10)17)7-3-8(14)5-9(15)4-7/h3-6H,1-2H3. The van der Waals surface area contributed by atoms with Gasteiger partial charge in [-0.1, -0.05) is 60.3 Å². The maximum absolute atomic E-state index is 6.16. The van der Waals surface area contributed by atoms with Crippen LogP contribution in [0.4, 0.5) is 0 Å². The molecule has 2 nitrogen and oxygen atoms in total. The first-order valence-corrected chi connectivity index (χ1v) is 7.09. The molecule has 2 aromatic rings. The summed E-state index contributed by atoms with van der Waals surface area (Å²) in [6.45, 7) is 3.96.